The zero-order chi connectivity index (χ0) is 16.2. The lowest BCUT2D eigenvalue weighted by molar-refractivity contribution is 0.340. The third-order valence-corrected chi connectivity index (χ3v) is 3.41. The Labute approximate surface area is 133 Å². The van der Waals surface area contributed by atoms with E-state index in [9.17, 15) is 10.4 Å². The fourth-order valence-electron chi connectivity index (χ4n) is 2.31. The zero-order valence-corrected chi connectivity index (χ0v) is 12.6. The van der Waals surface area contributed by atoms with Gasteiger partial charge in [-0.15, -0.1) is 0 Å². The zero-order valence-electron chi connectivity index (χ0n) is 12.6. The van der Waals surface area contributed by atoms with Crippen molar-refractivity contribution in [2.45, 2.75) is 6.92 Å². The number of aliphatic hydroxyl groups excluding tert-OH is 1. The van der Waals surface area contributed by atoms with Crippen molar-refractivity contribution in [1.29, 1.82) is 5.26 Å². The van der Waals surface area contributed by atoms with Gasteiger partial charge in [-0.05, 0) is 43.3 Å². The minimum atomic E-state index is -0.116. The lowest BCUT2D eigenvalue weighted by atomic mass is 10.1. The third-order valence-electron chi connectivity index (χ3n) is 3.41. The molecule has 1 heterocycles. The Morgan fingerprint density at radius 3 is 2.61 bits per heavy atom. The third kappa shape index (κ3) is 2.87. The fourth-order valence-corrected chi connectivity index (χ4v) is 2.31. The molecule has 0 unspecified atom stereocenters. The van der Waals surface area contributed by atoms with E-state index in [0.717, 1.165) is 11.0 Å². The highest BCUT2D eigenvalue weighted by Crippen LogP contribution is 2.25. The second-order valence-electron chi connectivity index (χ2n) is 4.90. The number of para-hydroxylation sites is 2. The molecule has 2 N–H and O–H groups in total. The van der Waals surface area contributed by atoms with Crippen molar-refractivity contribution in [2.75, 3.05) is 6.61 Å². The van der Waals surface area contributed by atoms with Crippen molar-refractivity contribution >= 4 is 22.4 Å². The van der Waals surface area contributed by atoms with Gasteiger partial charge < -0.3 is 14.8 Å². The van der Waals surface area contributed by atoms with Crippen LogP contribution in [0.3, 0.4) is 0 Å². The summed E-state index contributed by atoms with van der Waals surface area (Å²) in [5.74, 6) is 0.945. The highest BCUT2D eigenvalue weighted by atomic mass is 16.5. The molecule has 114 valence electrons. The van der Waals surface area contributed by atoms with Crippen LogP contribution in [0.5, 0.6) is 5.75 Å². The van der Waals surface area contributed by atoms with Gasteiger partial charge in [-0.2, -0.15) is 5.26 Å². The number of nitrogens with one attached hydrogen (secondary N) is 1. The number of nitrogens with zero attached hydrogens (tertiary/aromatic N) is 2. The first-order valence-corrected chi connectivity index (χ1v) is 7.24. The number of hydrogen-bond donors (Lipinski definition) is 2. The normalized spacial score (nSPS) is 11.8. The molecular weight excluding hydrogens is 290 g/mol. The van der Waals surface area contributed by atoms with E-state index < -0.39 is 0 Å². The summed E-state index contributed by atoms with van der Waals surface area (Å²) in [6, 6.07) is 16.4. The average Bonchev–Trinajstić information content (AvgIpc) is 3.00. The summed E-state index contributed by atoms with van der Waals surface area (Å²) >= 11 is 0. The Morgan fingerprint density at radius 1 is 1.22 bits per heavy atom. The van der Waals surface area contributed by atoms with Crippen LogP contribution in [0.25, 0.3) is 22.4 Å². The van der Waals surface area contributed by atoms with E-state index >= 15 is 0 Å². The average molecular weight is 305 g/mol. The number of nitriles is 1. The molecule has 5 nitrogen and oxygen atoms in total. The molecule has 3 rings (SSSR count). The molecule has 0 aliphatic carbocycles. The summed E-state index contributed by atoms with van der Waals surface area (Å²) in [5, 5.41) is 19.9. The molecule has 5 heteroatoms. The summed E-state index contributed by atoms with van der Waals surface area (Å²) in [6.45, 7) is 2.48. The van der Waals surface area contributed by atoms with E-state index in [1.807, 2.05) is 37.3 Å². The molecule has 0 saturated heterocycles. The number of aliphatic hydroxyl groups is 1. The lowest BCUT2D eigenvalue weighted by Gasteiger charge is -2.05. The molecule has 0 aliphatic rings. The molecular formula is C18H15N3O2. The Balaban J connectivity index is 2.03. The molecule has 0 atom stereocenters. The van der Waals surface area contributed by atoms with Gasteiger partial charge in [-0.25, -0.2) is 4.98 Å². The van der Waals surface area contributed by atoms with Crippen LogP contribution in [0.4, 0.5) is 0 Å². The number of imidazole rings is 1. The number of ether oxygens (including phenoxy) is 1. The van der Waals surface area contributed by atoms with Crippen molar-refractivity contribution in [3.8, 4) is 11.8 Å². The predicted molar refractivity (Wildman–Crippen MR) is 88.8 cm³/mol. The predicted octanol–water partition coefficient (Wildman–Crippen LogP) is 3.91. The first-order valence-electron chi connectivity index (χ1n) is 7.24. The quantitative estimate of drug-likeness (QED) is 0.565. The molecule has 23 heavy (non-hydrogen) atoms. The topological polar surface area (TPSA) is 81.9 Å². The Morgan fingerprint density at radius 2 is 1.96 bits per heavy atom. The van der Waals surface area contributed by atoms with Gasteiger partial charge in [0.25, 0.3) is 0 Å². The number of aromatic amines is 1. The van der Waals surface area contributed by atoms with Gasteiger partial charge in [0.15, 0.2) is 5.82 Å². The van der Waals surface area contributed by atoms with Crippen molar-refractivity contribution in [1.82, 2.24) is 9.97 Å². The van der Waals surface area contributed by atoms with Crippen LogP contribution in [0.2, 0.25) is 0 Å². The van der Waals surface area contributed by atoms with E-state index in [4.69, 9.17) is 4.74 Å². The first-order chi connectivity index (χ1) is 11.2. The summed E-state index contributed by atoms with van der Waals surface area (Å²) in [5.41, 5.74) is 2.19. The standard InChI is InChI=1S/C18H15N3O2/c1-2-23-13-9-7-12(8-10-13)17(22)14(11-19)18-20-15-5-3-4-6-16(15)21-18/h3-10,22H,2H2,1H3,(H,20,21)/b17-14-. The van der Waals surface area contributed by atoms with Crippen LogP contribution in [0, 0.1) is 11.3 Å². The highest BCUT2D eigenvalue weighted by Gasteiger charge is 2.14. The molecule has 0 bridgehead atoms. The summed E-state index contributed by atoms with van der Waals surface area (Å²) < 4.78 is 5.37. The van der Waals surface area contributed by atoms with Gasteiger partial charge in [0.1, 0.15) is 23.2 Å². The van der Waals surface area contributed by atoms with E-state index in [0.29, 0.717) is 23.7 Å². The summed E-state index contributed by atoms with van der Waals surface area (Å²) in [6.07, 6.45) is 0. The SMILES string of the molecule is CCOc1ccc(/C(O)=C(\C#N)c2nc3ccccc3[nH]2)cc1. The number of H-pyrrole nitrogens is 1. The number of allylic oxidation sites excluding steroid dienone is 1. The maximum atomic E-state index is 10.4. The molecule has 3 aromatic rings. The molecule has 0 spiro atoms. The number of fused-ring (bicyclic) bond motifs is 1. The van der Waals surface area contributed by atoms with Crippen molar-refractivity contribution in [3.05, 3.63) is 59.9 Å². The minimum absolute atomic E-state index is 0.102. The van der Waals surface area contributed by atoms with Crippen LogP contribution in [0.1, 0.15) is 18.3 Å². The van der Waals surface area contributed by atoms with Gasteiger partial charge in [0.2, 0.25) is 0 Å². The van der Waals surface area contributed by atoms with E-state index in [1.54, 1.807) is 24.3 Å². The molecule has 0 aliphatic heterocycles. The van der Waals surface area contributed by atoms with Crippen LogP contribution in [-0.4, -0.2) is 21.7 Å². The molecule has 0 radical (unpaired) electrons. The Hall–Kier alpha value is -3.26. The lowest BCUT2D eigenvalue weighted by Crippen LogP contribution is -1.94. The van der Waals surface area contributed by atoms with Gasteiger partial charge in [-0.3, -0.25) is 0 Å². The second-order valence-corrected chi connectivity index (χ2v) is 4.90. The highest BCUT2D eigenvalue weighted by molar-refractivity contribution is 5.94. The molecule has 1 aromatic heterocycles. The van der Waals surface area contributed by atoms with Crippen LogP contribution in [0.15, 0.2) is 48.5 Å². The Bertz CT molecular complexity index is 869. The second kappa shape index (κ2) is 6.24. The Kier molecular flexibility index (Phi) is 3.98. The van der Waals surface area contributed by atoms with Crippen molar-refractivity contribution in [2.24, 2.45) is 0 Å². The number of rotatable bonds is 4. The number of aromatic nitrogens is 2. The van der Waals surface area contributed by atoms with E-state index in [2.05, 4.69) is 9.97 Å². The number of benzene rings is 2. The van der Waals surface area contributed by atoms with E-state index in [-0.39, 0.29) is 11.3 Å². The maximum absolute atomic E-state index is 10.4. The maximum Gasteiger partial charge on any atom is 0.153 e. The van der Waals surface area contributed by atoms with Crippen molar-refractivity contribution in [3.63, 3.8) is 0 Å². The molecule has 0 amide bonds. The van der Waals surface area contributed by atoms with Crippen LogP contribution >= 0.6 is 0 Å². The first kappa shape index (κ1) is 14.7. The number of hydrogen-bond acceptors (Lipinski definition) is 4. The smallest absolute Gasteiger partial charge is 0.153 e. The van der Waals surface area contributed by atoms with Gasteiger partial charge in [0, 0.05) is 5.56 Å². The monoisotopic (exact) mass is 305 g/mol. The van der Waals surface area contributed by atoms with Crippen molar-refractivity contribution < 1.29 is 9.84 Å². The fraction of sp³-hybridized carbons (Fsp3) is 0.111. The van der Waals surface area contributed by atoms with Gasteiger partial charge in [-0.1, -0.05) is 12.1 Å². The molecule has 0 saturated carbocycles. The van der Waals surface area contributed by atoms with Gasteiger partial charge in [0.05, 0.1) is 17.6 Å². The largest absolute Gasteiger partial charge is 0.506 e. The minimum Gasteiger partial charge on any atom is -0.506 e. The molecule has 2 aromatic carbocycles. The van der Waals surface area contributed by atoms with Gasteiger partial charge >= 0.3 is 0 Å². The van der Waals surface area contributed by atoms with Crippen LogP contribution < -0.4 is 4.74 Å². The summed E-state index contributed by atoms with van der Waals surface area (Å²) in [7, 11) is 0. The van der Waals surface area contributed by atoms with E-state index in [1.165, 1.54) is 0 Å². The molecule has 0 fully saturated rings. The summed E-state index contributed by atoms with van der Waals surface area (Å²) in [4.78, 5) is 7.41. The van der Waals surface area contributed by atoms with Crippen LogP contribution in [-0.2, 0) is 0 Å².